The van der Waals surface area contributed by atoms with Crippen LogP contribution in [0.25, 0.3) is 16.6 Å². The average molecular weight is 268 g/mol. The standard InChI is InChI=1S/C16H20N4/c1-11-9-12-10-13(5-6-14(12)19(11)4)20-15(7-8-18-20)16(2,3)17/h5-10H,17H2,1-4H3. The smallest absolute Gasteiger partial charge is 0.0657 e. The molecule has 3 aromatic rings. The van der Waals surface area contributed by atoms with Gasteiger partial charge in [-0.05, 0) is 51.1 Å². The Kier molecular flexibility index (Phi) is 2.73. The highest BCUT2D eigenvalue weighted by Gasteiger charge is 2.20. The van der Waals surface area contributed by atoms with Crippen LogP contribution in [0.3, 0.4) is 0 Å². The summed E-state index contributed by atoms with van der Waals surface area (Å²) < 4.78 is 4.11. The van der Waals surface area contributed by atoms with E-state index in [1.807, 2.05) is 24.6 Å². The number of benzene rings is 1. The van der Waals surface area contributed by atoms with Crippen molar-refractivity contribution < 1.29 is 0 Å². The van der Waals surface area contributed by atoms with Crippen LogP contribution in [-0.4, -0.2) is 14.3 Å². The molecular weight excluding hydrogens is 248 g/mol. The predicted octanol–water partition coefficient (Wildman–Crippen LogP) is 2.87. The monoisotopic (exact) mass is 268 g/mol. The summed E-state index contributed by atoms with van der Waals surface area (Å²) in [7, 11) is 2.08. The van der Waals surface area contributed by atoms with Crippen molar-refractivity contribution in [2.45, 2.75) is 26.3 Å². The number of hydrogen-bond acceptors (Lipinski definition) is 2. The summed E-state index contributed by atoms with van der Waals surface area (Å²) in [5.74, 6) is 0. The van der Waals surface area contributed by atoms with Gasteiger partial charge in [0.15, 0.2) is 0 Å². The summed E-state index contributed by atoms with van der Waals surface area (Å²) in [5.41, 5.74) is 10.3. The molecule has 4 heteroatoms. The Morgan fingerprint density at radius 1 is 1.15 bits per heavy atom. The molecule has 0 aliphatic rings. The molecule has 20 heavy (non-hydrogen) atoms. The quantitative estimate of drug-likeness (QED) is 0.777. The highest BCUT2D eigenvalue weighted by molar-refractivity contribution is 5.83. The summed E-state index contributed by atoms with van der Waals surface area (Å²) >= 11 is 0. The summed E-state index contributed by atoms with van der Waals surface area (Å²) in [6, 6.07) is 10.5. The molecule has 0 amide bonds. The molecule has 0 aliphatic carbocycles. The van der Waals surface area contributed by atoms with Gasteiger partial charge >= 0.3 is 0 Å². The van der Waals surface area contributed by atoms with Crippen LogP contribution in [-0.2, 0) is 12.6 Å². The van der Waals surface area contributed by atoms with Crippen molar-refractivity contribution in [3.05, 3.63) is 47.9 Å². The molecular formula is C16H20N4. The molecule has 4 nitrogen and oxygen atoms in total. The normalized spacial score (nSPS) is 12.2. The number of aryl methyl sites for hydroxylation is 2. The van der Waals surface area contributed by atoms with Gasteiger partial charge < -0.3 is 10.3 Å². The Balaban J connectivity index is 2.18. The fourth-order valence-corrected chi connectivity index (χ4v) is 2.60. The van der Waals surface area contributed by atoms with E-state index in [2.05, 4.69) is 47.9 Å². The number of nitrogens with two attached hydrogens (primary N) is 1. The largest absolute Gasteiger partial charge is 0.348 e. The summed E-state index contributed by atoms with van der Waals surface area (Å²) in [6.45, 7) is 6.10. The minimum Gasteiger partial charge on any atom is -0.348 e. The molecule has 0 aliphatic heterocycles. The molecule has 2 aromatic heterocycles. The molecule has 104 valence electrons. The van der Waals surface area contributed by atoms with Crippen LogP contribution in [0.15, 0.2) is 36.5 Å². The molecule has 0 spiro atoms. The minimum absolute atomic E-state index is 0.419. The molecule has 0 bridgehead atoms. The number of fused-ring (bicyclic) bond motifs is 1. The fraction of sp³-hybridized carbons (Fsp3) is 0.312. The summed E-state index contributed by atoms with van der Waals surface area (Å²) in [6.07, 6.45) is 1.80. The molecule has 3 rings (SSSR count). The van der Waals surface area contributed by atoms with Gasteiger partial charge in [0.05, 0.1) is 16.9 Å². The van der Waals surface area contributed by atoms with Crippen LogP contribution >= 0.6 is 0 Å². The zero-order valence-corrected chi connectivity index (χ0v) is 12.4. The lowest BCUT2D eigenvalue weighted by Crippen LogP contribution is -2.31. The van der Waals surface area contributed by atoms with Gasteiger partial charge in [0.1, 0.15) is 0 Å². The van der Waals surface area contributed by atoms with Gasteiger partial charge in [-0.1, -0.05) is 0 Å². The van der Waals surface area contributed by atoms with Crippen molar-refractivity contribution in [2.75, 3.05) is 0 Å². The van der Waals surface area contributed by atoms with E-state index in [1.165, 1.54) is 16.6 Å². The molecule has 2 N–H and O–H groups in total. The van der Waals surface area contributed by atoms with Crippen molar-refractivity contribution in [2.24, 2.45) is 12.8 Å². The van der Waals surface area contributed by atoms with Crippen molar-refractivity contribution in [1.29, 1.82) is 0 Å². The molecule has 1 aromatic carbocycles. The van der Waals surface area contributed by atoms with Crippen LogP contribution in [0.1, 0.15) is 25.2 Å². The van der Waals surface area contributed by atoms with E-state index in [1.54, 1.807) is 6.20 Å². The van der Waals surface area contributed by atoms with Gasteiger partial charge in [0.25, 0.3) is 0 Å². The fourth-order valence-electron chi connectivity index (χ4n) is 2.60. The number of hydrogen-bond donors (Lipinski definition) is 1. The third kappa shape index (κ3) is 1.93. The van der Waals surface area contributed by atoms with Crippen LogP contribution in [0.5, 0.6) is 0 Å². The SMILES string of the molecule is Cc1cc2cc(-n3nccc3C(C)(C)N)ccc2n1C. The first-order valence-corrected chi connectivity index (χ1v) is 6.78. The number of nitrogens with zero attached hydrogens (tertiary/aromatic N) is 3. The second-order valence-electron chi connectivity index (χ2n) is 5.94. The first kappa shape index (κ1) is 12.9. The van der Waals surface area contributed by atoms with Gasteiger partial charge in [0.2, 0.25) is 0 Å². The van der Waals surface area contributed by atoms with Crippen molar-refractivity contribution >= 4 is 10.9 Å². The number of aromatic nitrogens is 3. The lowest BCUT2D eigenvalue weighted by molar-refractivity contribution is 0.514. The molecule has 0 radical (unpaired) electrons. The molecule has 0 unspecified atom stereocenters. The zero-order chi connectivity index (χ0) is 14.5. The maximum atomic E-state index is 6.22. The Morgan fingerprint density at radius 3 is 2.60 bits per heavy atom. The van der Waals surface area contributed by atoms with Crippen molar-refractivity contribution in [1.82, 2.24) is 14.3 Å². The number of rotatable bonds is 2. The maximum Gasteiger partial charge on any atom is 0.0657 e. The first-order chi connectivity index (χ1) is 9.38. The molecule has 2 heterocycles. The van der Waals surface area contributed by atoms with E-state index < -0.39 is 5.54 Å². The molecule has 0 atom stereocenters. The van der Waals surface area contributed by atoms with Crippen molar-refractivity contribution in [3.63, 3.8) is 0 Å². The van der Waals surface area contributed by atoms with Crippen LogP contribution in [0, 0.1) is 6.92 Å². The van der Waals surface area contributed by atoms with Gasteiger partial charge in [0, 0.05) is 29.8 Å². The highest BCUT2D eigenvalue weighted by atomic mass is 15.3. The zero-order valence-electron chi connectivity index (χ0n) is 12.4. The molecule has 0 saturated heterocycles. The second-order valence-corrected chi connectivity index (χ2v) is 5.94. The summed E-state index contributed by atoms with van der Waals surface area (Å²) in [4.78, 5) is 0. The third-order valence-corrected chi connectivity index (χ3v) is 3.81. The lowest BCUT2D eigenvalue weighted by Gasteiger charge is -2.20. The minimum atomic E-state index is -0.419. The maximum absolute atomic E-state index is 6.22. The first-order valence-electron chi connectivity index (χ1n) is 6.78. The van der Waals surface area contributed by atoms with Gasteiger partial charge in [-0.2, -0.15) is 5.10 Å². The second kappa shape index (κ2) is 4.21. The Hall–Kier alpha value is -2.07. The van der Waals surface area contributed by atoms with Crippen molar-refractivity contribution in [3.8, 4) is 5.69 Å². The van der Waals surface area contributed by atoms with E-state index in [4.69, 9.17) is 5.73 Å². The van der Waals surface area contributed by atoms with Gasteiger partial charge in [-0.25, -0.2) is 4.68 Å². The van der Waals surface area contributed by atoms with Crippen LogP contribution < -0.4 is 5.73 Å². The Bertz CT molecular complexity index is 771. The highest BCUT2D eigenvalue weighted by Crippen LogP contribution is 2.24. The third-order valence-electron chi connectivity index (χ3n) is 3.81. The van der Waals surface area contributed by atoms with Crippen LogP contribution in [0.4, 0.5) is 0 Å². The average Bonchev–Trinajstić information content (AvgIpc) is 2.95. The lowest BCUT2D eigenvalue weighted by atomic mass is 10.0. The van der Waals surface area contributed by atoms with Crippen LogP contribution in [0.2, 0.25) is 0 Å². The Labute approximate surface area is 118 Å². The van der Waals surface area contributed by atoms with E-state index >= 15 is 0 Å². The molecule has 0 saturated carbocycles. The van der Waals surface area contributed by atoms with Gasteiger partial charge in [-0.15, -0.1) is 0 Å². The van der Waals surface area contributed by atoms with E-state index in [-0.39, 0.29) is 0 Å². The van der Waals surface area contributed by atoms with E-state index in [0.717, 1.165) is 11.4 Å². The topological polar surface area (TPSA) is 48.8 Å². The summed E-state index contributed by atoms with van der Waals surface area (Å²) in [5, 5.41) is 5.64. The Morgan fingerprint density at radius 2 is 1.90 bits per heavy atom. The van der Waals surface area contributed by atoms with E-state index in [0.29, 0.717) is 0 Å². The predicted molar refractivity (Wildman–Crippen MR) is 82.0 cm³/mol. The molecule has 0 fully saturated rings. The van der Waals surface area contributed by atoms with Gasteiger partial charge in [-0.3, -0.25) is 0 Å². The van der Waals surface area contributed by atoms with E-state index in [9.17, 15) is 0 Å².